The van der Waals surface area contributed by atoms with Crippen LogP contribution in [0.1, 0.15) is 6.92 Å². The van der Waals surface area contributed by atoms with Gasteiger partial charge in [-0.2, -0.15) is 0 Å². The molecule has 0 rings (SSSR count). The van der Waals surface area contributed by atoms with E-state index in [0.29, 0.717) is 0 Å². The van der Waals surface area contributed by atoms with Crippen molar-refractivity contribution in [2.24, 2.45) is 0 Å². The van der Waals surface area contributed by atoms with Crippen molar-refractivity contribution in [3.8, 4) is 0 Å². The highest BCUT2D eigenvalue weighted by atomic mass is 79.9. The van der Waals surface area contributed by atoms with Crippen LogP contribution < -0.4 is 0 Å². The van der Waals surface area contributed by atoms with E-state index in [1.807, 2.05) is 6.92 Å². The van der Waals surface area contributed by atoms with E-state index >= 15 is 0 Å². The molecule has 2 unspecified atom stereocenters. The van der Waals surface area contributed by atoms with Crippen molar-refractivity contribution >= 4 is 15.9 Å². The fourth-order valence-corrected chi connectivity index (χ4v) is 0. The van der Waals surface area contributed by atoms with Crippen LogP contribution in [0.3, 0.4) is 0 Å². The molecule has 0 aliphatic carbocycles. The second-order valence-electron chi connectivity index (χ2n) is 1.24. The van der Waals surface area contributed by atoms with Crippen molar-refractivity contribution < 1.29 is 5.11 Å². The van der Waals surface area contributed by atoms with Gasteiger partial charge in [-0.15, -0.1) is 0 Å². The molecular weight excluding hydrogens is 144 g/mol. The zero-order valence-electron chi connectivity index (χ0n) is 3.69. The third-order valence-corrected chi connectivity index (χ3v) is 1.14. The Morgan fingerprint density at radius 2 is 2.00 bits per heavy atom. The first-order valence-electron chi connectivity index (χ1n) is 1.80. The van der Waals surface area contributed by atoms with Crippen LogP contribution in [0, 0.1) is 6.92 Å². The predicted octanol–water partition coefficient (Wildman–Crippen LogP) is 0.965. The molecule has 0 bridgehead atoms. The zero-order valence-corrected chi connectivity index (χ0v) is 5.27. The molecule has 0 aromatic heterocycles. The minimum Gasteiger partial charge on any atom is -0.392 e. The molecule has 6 heavy (non-hydrogen) atoms. The van der Waals surface area contributed by atoms with Gasteiger partial charge in [0.05, 0.1) is 6.10 Å². The van der Waals surface area contributed by atoms with E-state index in [4.69, 9.17) is 5.11 Å². The number of alkyl halides is 1. The summed E-state index contributed by atoms with van der Waals surface area (Å²) in [5.41, 5.74) is 0. The van der Waals surface area contributed by atoms with Gasteiger partial charge >= 0.3 is 0 Å². The predicted molar refractivity (Wildman–Crippen MR) is 29.8 cm³/mol. The van der Waals surface area contributed by atoms with Gasteiger partial charge < -0.3 is 5.11 Å². The van der Waals surface area contributed by atoms with Gasteiger partial charge in [0.15, 0.2) is 0 Å². The summed E-state index contributed by atoms with van der Waals surface area (Å²) in [6.45, 7) is 5.19. The smallest absolute Gasteiger partial charge is 0.0663 e. The Bertz CT molecular complexity index is 28.5. The molecule has 0 aromatic rings. The summed E-state index contributed by atoms with van der Waals surface area (Å²) in [6.07, 6.45) is -0.481. The molecular formula is C4H8BrO. The fraction of sp³-hybridized carbons (Fsp3) is 0.750. The maximum Gasteiger partial charge on any atom is 0.0663 e. The van der Waals surface area contributed by atoms with Crippen LogP contribution in [0.2, 0.25) is 0 Å². The lowest BCUT2D eigenvalue weighted by molar-refractivity contribution is 0.224. The number of aliphatic hydroxyl groups is 1. The Balaban J connectivity index is 2.99. The number of hydrogen-bond donors (Lipinski definition) is 1. The molecule has 0 spiro atoms. The van der Waals surface area contributed by atoms with Gasteiger partial charge in [-0.1, -0.05) is 22.9 Å². The highest BCUT2D eigenvalue weighted by Crippen LogP contribution is 2.00. The van der Waals surface area contributed by atoms with Gasteiger partial charge in [0, 0.05) is 4.83 Å². The Morgan fingerprint density at radius 3 is 2.00 bits per heavy atom. The van der Waals surface area contributed by atoms with Crippen molar-refractivity contribution in [2.45, 2.75) is 17.9 Å². The SMILES string of the molecule is [CH2]C(O)C(C)Br. The van der Waals surface area contributed by atoms with Crippen LogP contribution in [-0.4, -0.2) is 16.0 Å². The second kappa shape index (κ2) is 2.59. The molecule has 0 saturated heterocycles. The molecule has 37 valence electrons. The van der Waals surface area contributed by atoms with Gasteiger partial charge in [0.25, 0.3) is 0 Å². The number of rotatable bonds is 1. The molecule has 2 atom stereocenters. The van der Waals surface area contributed by atoms with Crippen LogP contribution in [0.25, 0.3) is 0 Å². The lowest BCUT2D eigenvalue weighted by atomic mass is 10.3. The molecule has 0 aromatic carbocycles. The van der Waals surface area contributed by atoms with Gasteiger partial charge in [-0.05, 0) is 6.92 Å². The normalized spacial score (nSPS) is 20.0. The molecule has 0 amide bonds. The minimum atomic E-state index is -0.481. The average molecular weight is 152 g/mol. The Kier molecular flexibility index (Phi) is 2.78. The first-order valence-corrected chi connectivity index (χ1v) is 2.71. The van der Waals surface area contributed by atoms with Gasteiger partial charge in [-0.25, -0.2) is 0 Å². The first-order chi connectivity index (χ1) is 2.64. The van der Waals surface area contributed by atoms with E-state index in [2.05, 4.69) is 22.9 Å². The Hall–Kier alpha value is 0.440. The summed E-state index contributed by atoms with van der Waals surface area (Å²) in [5.74, 6) is 0. The van der Waals surface area contributed by atoms with Crippen LogP contribution in [0.5, 0.6) is 0 Å². The molecule has 2 heteroatoms. The molecule has 0 heterocycles. The van der Waals surface area contributed by atoms with E-state index in [0.717, 1.165) is 0 Å². The molecule has 1 N–H and O–H groups in total. The fourth-order valence-electron chi connectivity index (χ4n) is 0. The largest absolute Gasteiger partial charge is 0.392 e. The van der Waals surface area contributed by atoms with E-state index in [1.54, 1.807) is 0 Å². The molecule has 0 aliphatic rings. The summed E-state index contributed by atoms with van der Waals surface area (Å²) < 4.78 is 0. The van der Waals surface area contributed by atoms with Crippen molar-refractivity contribution in [2.75, 3.05) is 0 Å². The summed E-state index contributed by atoms with van der Waals surface area (Å²) in [7, 11) is 0. The molecule has 1 nitrogen and oxygen atoms in total. The highest BCUT2D eigenvalue weighted by Gasteiger charge is 2.00. The minimum absolute atomic E-state index is 0.109. The van der Waals surface area contributed by atoms with Crippen molar-refractivity contribution in [3.63, 3.8) is 0 Å². The topological polar surface area (TPSA) is 20.2 Å². The third-order valence-electron chi connectivity index (χ3n) is 0.530. The molecule has 0 aliphatic heterocycles. The quantitative estimate of drug-likeness (QED) is 0.555. The lowest BCUT2D eigenvalue weighted by Gasteiger charge is -2.02. The monoisotopic (exact) mass is 151 g/mol. The molecule has 0 saturated carbocycles. The molecule has 0 fully saturated rings. The molecule has 1 radical (unpaired) electrons. The number of hydrogen-bond acceptors (Lipinski definition) is 1. The van der Waals surface area contributed by atoms with Gasteiger partial charge in [-0.3, -0.25) is 0 Å². The van der Waals surface area contributed by atoms with Crippen molar-refractivity contribution in [1.82, 2.24) is 0 Å². The van der Waals surface area contributed by atoms with Crippen molar-refractivity contribution in [1.29, 1.82) is 0 Å². The van der Waals surface area contributed by atoms with Crippen LogP contribution in [0.4, 0.5) is 0 Å². The van der Waals surface area contributed by atoms with Gasteiger partial charge in [0.2, 0.25) is 0 Å². The second-order valence-corrected chi connectivity index (χ2v) is 2.69. The first kappa shape index (κ1) is 6.44. The summed E-state index contributed by atoms with van der Waals surface area (Å²) in [5, 5.41) is 8.47. The summed E-state index contributed by atoms with van der Waals surface area (Å²) in [6, 6.07) is 0. The third kappa shape index (κ3) is 2.67. The Morgan fingerprint density at radius 1 is 1.83 bits per heavy atom. The van der Waals surface area contributed by atoms with E-state index < -0.39 is 6.10 Å². The van der Waals surface area contributed by atoms with Crippen molar-refractivity contribution in [3.05, 3.63) is 6.92 Å². The standard InChI is InChI=1S/C4H8BrO/c1-3(5)4(2)6/h3-4,6H,2H2,1H3. The summed E-state index contributed by atoms with van der Waals surface area (Å²) in [4.78, 5) is 0.109. The van der Waals surface area contributed by atoms with E-state index in [-0.39, 0.29) is 4.83 Å². The van der Waals surface area contributed by atoms with Gasteiger partial charge in [0.1, 0.15) is 0 Å². The Labute approximate surface area is 46.5 Å². The lowest BCUT2D eigenvalue weighted by Crippen LogP contribution is -2.11. The van der Waals surface area contributed by atoms with Crippen LogP contribution >= 0.6 is 15.9 Å². The maximum atomic E-state index is 8.47. The highest BCUT2D eigenvalue weighted by molar-refractivity contribution is 9.09. The number of aliphatic hydroxyl groups excluding tert-OH is 1. The van der Waals surface area contributed by atoms with E-state index in [9.17, 15) is 0 Å². The van der Waals surface area contributed by atoms with E-state index in [1.165, 1.54) is 0 Å². The zero-order chi connectivity index (χ0) is 5.15. The average Bonchev–Trinajstić information content (AvgIpc) is 1.36. The number of halogens is 1. The van der Waals surface area contributed by atoms with Crippen LogP contribution in [0.15, 0.2) is 0 Å². The van der Waals surface area contributed by atoms with Crippen LogP contribution in [-0.2, 0) is 0 Å². The maximum absolute atomic E-state index is 8.47. The summed E-state index contributed by atoms with van der Waals surface area (Å²) >= 11 is 3.13.